The maximum atomic E-state index is 13.3. The van der Waals surface area contributed by atoms with Crippen molar-refractivity contribution in [2.45, 2.75) is 39.5 Å². The van der Waals surface area contributed by atoms with Crippen molar-refractivity contribution in [2.75, 3.05) is 45.9 Å². The Kier molecular flexibility index (Phi) is 14.9. The number of fused-ring (bicyclic) bond motifs is 1. The quantitative estimate of drug-likeness (QED) is 0.178. The van der Waals surface area contributed by atoms with E-state index in [9.17, 15) is 42.3 Å². The standard InChI is InChI=1S/C33H38N4O9.C2HF3O2/c1-4-44-32(42)28(22-9-7-6-8-10-22)46-27-20-26(35-25-19-21(3)11-12-23(25)27)29(38)34-14-13-24(31(40)41)30(39)36-15-17-37(18-16-36)33(43)45-5-2;3-2(4,5)1(6)7/h6-12,19-20,24,28H,4-5,13-18H2,1-3H3,(H,34,38)(H,40,41);(H,6,7). The van der Waals surface area contributed by atoms with Crippen LogP contribution in [-0.4, -0.2) is 113 Å². The fourth-order valence-electron chi connectivity index (χ4n) is 5.06. The van der Waals surface area contributed by atoms with E-state index in [1.807, 2.05) is 19.1 Å². The topological polar surface area (TPSA) is 202 Å². The third-order valence-electron chi connectivity index (χ3n) is 7.68. The smallest absolute Gasteiger partial charge is 0.481 e. The molecule has 4 rings (SSSR count). The third-order valence-corrected chi connectivity index (χ3v) is 7.68. The Morgan fingerprint density at radius 3 is 2.06 bits per heavy atom. The molecular weight excluding hydrogens is 709 g/mol. The molecule has 53 heavy (non-hydrogen) atoms. The first-order valence-electron chi connectivity index (χ1n) is 16.4. The molecule has 0 saturated carbocycles. The second kappa shape index (κ2) is 19.1. The largest absolute Gasteiger partial charge is 0.490 e. The second-order valence-corrected chi connectivity index (χ2v) is 11.4. The van der Waals surface area contributed by atoms with Crippen LogP contribution in [-0.2, 0) is 28.7 Å². The first-order chi connectivity index (χ1) is 25.1. The number of ether oxygens (including phenoxy) is 3. The van der Waals surface area contributed by atoms with Gasteiger partial charge < -0.3 is 39.5 Å². The molecule has 0 spiro atoms. The average molecular weight is 749 g/mol. The molecule has 2 atom stereocenters. The highest BCUT2D eigenvalue weighted by molar-refractivity contribution is 5.98. The van der Waals surface area contributed by atoms with E-state index < -0.39 is 54.0 Å². The minimum atomic E-state index is -5.08. The Balaban J connectivity index is 0.000000980. The molecule has 15 nitrogen and oxygen atoms in total. The van der Waals surface area contributed by atoms with Crippen molar-refractivity contribution in [3.63, 3.8) is 0 Å². The zero-order chi connectivity index (χ0) is 39.3. The van der Waals surface area contributed by atoms with Gasteiger partial charge in [0.25, 0.3) is 5.91 Å². The summed E-state index contributed by atoms with van der Waals surface area (Å²) in [5.41, 5.74) is 1.89. The van der Waals surface area contributed by atoms with Crippen LogP contribution in [0.2, 0.25) is 0 Å². The number of pyridine rings is 1. The average Bonchev–Trinajstić information content (AvgIpc) is 3.12. The van der Waals surface area contributed by atoms with Crippen LogP contribution in [0, 0.1) is 12.8 Å². The highest BCUT2D eigenvalue weighted by Crippen LogP contribution is 2.31. The molecule has 18 heteroatoms. The lowest BCUT2D eigenvalue weighted by Crippen LogP contribution is -2.53. The summed E-state index contributed by atoms with van der Waals surface area (Å²) in [6.45, 7) is 6.34. The summed E-state index contributed by atoms with van der Waals surface area (Å²) in [6.07, 6.45) is -6.83. The highest BCUT2D eigenvalue weighted by atomic mass is 19.4. The van der Waals surface area contributed by atoms with Crippen molar-refractivity contribution in [3.05, 3.63) is 71.4 Å². The minimum absolute atomic E-state index is 0.0166. The molecule has 3 N–H and O–H groups in total. The van der Waals surface area contributed by atoms with Gasteiger partial charge in [0.2, 0.25) is 12.0 Å². The third kappa shape index (κ3) is 11.8. The number of halogens is 3. The van der Waals surface area contributed by atoms with E-state index in [1.165, 1.54) is 15.9 Å². The van der Waals surface area contributed by atoms with Gasteiger partial charge in [-0.1, -0.05) is 36.4 Å². The number of hydrogen-bond acceptors (Lipinski definition) is 10. The number of hydrogen-bond donors (Lipinski definition) is 3. The Morgan fingerprint density at radius 1 is 0.887 bits per heavy atom. The number of rotatable bonds is 12. The van der Waals surface area contributed by atoms with Crippen LogP contribution < -0.4 is 10.1 Å². The van der Waals surface area contributed by atoms with E-state index >= 15 is 0 Å². The predicted octanol–water partition coefficient (Wildman–Crippen LogP) is 3.98. The first kappa shape index (κ1) is 41.5. The number of nitrogens with zero attached hydrogens (tertiary/aromatic N) is 3. The van der Waals surface area contributed by atoms with Crippen molar-refractivity contribution in [1.82, 2.24) is 20.1 Å². The van der Waals surface area contributed by atoms with Crippen LogP contribution in [0.1, 0.15) is 48.0 Å². The highest BCUT2D eigenvalue weighted by Gasteiger charge is 2.38. The molecule has 0 radical (unpaired) electrons. The van der Waals surface area contributed by atoms with Gasteiger partial charge in [0.15, 0.2) is 0 Å². The van der Waals surface area contributed by atoms with Crippen LogP contribution in [0.4, 0.5) is 18.0 Å². The van der Waals surface area contributed by atoms with Crippen LogP contribution in [0.25, 0.3) is 10.9 Å². The van der Waals surface area contributed by atoms with E-state index in [0.717, 1.165) is 5.56 Å². The van der Waals surface area contributed by atoms with Gasteiger partial charge in [-0.05, 0) is 44.9 Å². The number of carboxylic acids is 2. The molecule has 3 amide bonds. The molecule has 0 aliphatic carbocycles. The van der Waals surface area contributed by atoms with Gasteiger partial charge in [-0.2, -0.15) is 13.2 Å². The summed E-state index contributed by atoms with van der Waals surface area (Å²) in [6, 6.07) is 15.7. The number of aliphatic carboxylic acids is 2. The van der Waals surface area contributed by atoms with Crippen molar-refractivity contribution < 1.29 is 66.4 Å². The number of amides is 3. The molecule has 2 aromatic carbocycles. The van der Waals surface area contributed by atoms with Gasteiger partial charge in [-0.25, -0.2) is 19.4 Å². The molecule has 1 saturated heterocycles. The van der Waals surface area contributed by atoms with Crippen molar-refractivity contribution >= 4 is 46.7 Å². The molecule has 2 heterocycles. The number of carbonyl (C=O) groups is 6. The van der Waals surface area contributed by atoms with Crippen LogP contribution in [0.3, 0.4) is 0 Å². The molecule has 0 bridgehead atoms. The fourth-order valence-corrected chi connectivity index (χ4v) is 5.06. The summed E-state index contributed by atoms with van der Waals surface area (Å²) in [5, 5.41) is 20.2. The lowest BCUT2D eigenvalue weighted by molar-refractivity contribution is -0.192. The number of piperazine rings is 1. The molecule has 1 aliphatic heterocycles. The number of aromatic nitrogens is 1. The van der Waals surface area contributed by atoms with Crippen molar-refractivity contribution in [1.29, 1.82) is 0 Å². The van der Waals surface area contributed by atoms with E-state index in [4.69, 9.17) is 24.1 Å². The molecular formula is C35H39F3N4O11. The summed E-state index contributed by atoms with van der Waals surface area (Å²) < 4.78 is 48.2. The van der Waals surface area contributed by atoms with Crippen molar-refractivity contribution in [2.24, 2.45) is 5.92 Å². The first-order valence-corrected chi connectivity index (χ1v) is 16.4. The lowest BCUT2D eigenvalue weighted by Gasteiger charge is -2.35. The summed E-state index contributed by atoms with van der Waals surface area (Å²) in [7, 11) is 0. The molecule has 1 fully saturated rings. The number of alkyl halides is 3. The zero-order valence-electron chi connectivity index (χ0n) is 29.1. The number of benzene rings is 2. The maximum absolute atomic E-state index is 13.3. The van der Waals surface area contributed by atoms with Crippen LogP contribution in [0.15, 0.2) is 54.6 Å². The van der Waals surface area contributed by atoms with Crippen LogP contribution in [0.5, 0.6) is 5.75 Å². The van der Waals surface area contributed by atoms with E-state index in [2.05, 4.69) is 10.3 Å². The fraction of sp³-hybridized carbons (Fsp3) is 0.400. The maximum Gasteiger partial charge on any atom is 0.490 e. The van der Waals surface area contributed by atoms with Gasteiger partial charge in [-0.3, -0.25) is 14.4 Å². The predicted molar refractivity (Wildman–Crippen MR) is 180 cm³/mol. The summed E-state index contributed by atoms with van der Waals surface area (Å²) in [4.78, 5) is 79.5. The number of esters is 1. The molecule has 286 valence electrons. The minimum Gasteiger partial charge on any atom is -0.481 e. The number of carboxylic acid groups (broad SMARTS) is 2. The van der Waals surface area contributed by atoms with Gasteiger partial charge >= 0.3 is 30.2 Å². The normalized spacial score (nSPS) is 13.8. The summed E-state index contributed by atoms with van der Waals surface area (Å²) >= 11 is 0. The van der Waals surface area contributed by atoms with Gasteiger partial charge in [-0.15, -0.1) is 0 Å². The molecule has 1 aromatic heterocycles. The Bertz CT molecular complexity index is 1780. The monoisotopic (exact) mass is 748 g/mol. The lowest BCUT2D eigenvalue weighted by atomic mass is 10.0. The van der Waals surface area contributed by atoms with Gasteiger partial charge in [0.05, 0.1) is 18.7 Å². The van der Waals surface area contributed by atoms with E-state index in [-0.39, 0.29) is 63.8 Å². The Morgan fingerprint density at radius 2 is 1.49 bits per heavy atom. The number of carbonyl (C=O) groups excluding carboxylic acids is 4. The summed E-state index contributed by atoms with van der Waals surface area (Å²) in [5.74, 6) is -7.02. The zero-order valence-corrected chi connectivity index (χ0v) is 29.1. The van der Waals surface area contributed by atoms with E-state index in [1.54, 1.807) is 50.2 Å². The van der Waals surface area contributed by atoms with E-state index in [0.29, 0.717) is 16.5 Å². The number of aryl methyl sites for hydroxylation is 1. The van der Waals surface area contributed by atoms with Crippen LogP contribution >= 0.6 is 0 Å². The van der Waals surface area contributed by atoms with Crippen molar-refractivity contribution in [3.8, 4) is 5.75 Å². The number of nitrogens with one attached hydrogen (secondary N) is 1. The van der Waals surface area contributed by atoms with Gasteiger partial charge in [0.1, 0.15) is 17.4 Å². The SMILES string of the molecule is CCOC(=O)C(Oc1cc(C(=O)NCCC(C(=O)O)C(=O)N2CCN(C(=O)OCC)CC2)nc2cc(C)ccc12)c1ccccc1.O=C(O)C(F)(F)F. The molecule has 2 unspecified atom stereocenters. The van der Waals surface area contributed by atoms with Gasteiger partial charge in [0, 0.05) is 49.7 Å². The Labute approximate surface area is 301 Å². The molecule has 1 aliphatic rings. The Hall–Kier alpha value is -5.94. The molecule has 3 aromatic rings. The second-order valence-electron chi connectivity index (χ2n) is 11.4.